The lowest BCUT2D eigenvalue weighted by Crippen LogP contribution is -2.53. The molecule has 1 spiro atoms. The van der Waals surface area contributed by atoms with Gasteiger partial charge >= 0.3 is 0 Å². The largest absolute Gasteiger partial charge is 0.370 e. The van der Waals surface area contributed by atoms with Gasteiger partial charge < -0.3 is 25.0 Å². The number of aromatic nitrogens is 2. The van der Waals surface area contributed by atoms with Crippen molar-refractivity contribution < 1.29 is 4.57 Å². The normalized spacial score (nSPS) is 17.5. The Labute approximate surface area is 235 Å². The van der Waals surface area contributed by atoms with Crippen LogP contribution in [0.3, 0.4) is 0 Å². The van der Waals surface area contributed by atoms with Crippen molar-refractivity contribution in [3.8, 4) is 0 Å². The molecule has 1 saturated carbocycles. The van der Waals surface area contributed by atoms with E-state index in [1.807, 2.05) is 36.4 Å². The predicted molar refractivity (Wildman–Crippen MR) is 161 cm³/mol. The second kappa shape index (κ2) is 10.7. The highest BCUT2D eigenvalue weighted by atomic mass is 35.5. The minimum Gasteiger partial charge on any atom is -0.370 e. The molecule has 1 aromatic heterocycles. The molecule has 3 aromatic rings. The van der Waals surface area contributed by atoms with E-state index in [4.69, 9.17) is 23.2 Å². The molecule has 0 amide bonds. The molecule has 5 rings (SSSR count). The number of nitrogens with zero attached hydrogens (tertiary/aromatic N) is 4. The van der Waals surface area contributed by atoms with Crippen molar-refractivity contribution in [2.24, 2.45) is 5.41 Å². The summed E-state index contributed by atoms with van der Waals surface area (Å²) in [4.78, 5) is 13.7. The van der Waals surface area contributed by atoms with Crippen LogP contribution in [-0.2, 0) is 4.57 Å². The lowest BCUT2D eigenvalue weighted by molar-refractivity contribution is 0.00490. The van der Waals surface area contributed by atoms with Crippen LogP contribution in [0.2, 0.25) is 10.0 Å². The molecular formula is C28H35Cl2N6OP. The second-order valence-electron chi connectivity index (χ2n) is 11.2. The standard InChI is InChI=1S/C28H35Cl2N6OP/c1-35(2)20-16-28(17-20)11-13-36(14-12-28)24-10-9-19(15-21(24)29)32-27-31-18-22(30)26(34-27)33-23-7-5-6-8-25(23)38(3,4)37/h5-10,15,18,20H,11-14,16-17H2,1-4H3,(H2,31,32,33,34). The number of piperidine rings is 1. The Morgan fingerprint density at radius 2 is 1.74 bits per heavy atom. The molecule has 7 nitrogen and oxygen atoms in total. The van der Waals surface area contributed by atoms with Crippen LogP contribution in [0.15, 0.2) is 48.7 Å². The van der Waals surface area contributed by atoms with Crippen LogP contribution in [0, 0.1) is 5.41 Å². The van der Waals surface area contributed by atoms with Crippen molar-refractivity contribution in [1.29, 1.82) is 0 Å². The van der Waals surface area contributed by atoms with E-state index in [1.54, 1.807) is 19.5 Å². The fourth-order valence-corrected chi connectivity index (χ4v) is 7.19. The number of hydrogen-bond acceptors (Lipinski definition) is 7. The highest BCUT2D eigenvalue weighted by Gasteiger charge is 2.46. The van der Waals surface area contributed by atoms with Crippen LogP contribution < -0.4 is 20.8 Å². The maximum absolute atomic E-state index is 12.7. The van der Waals surface area contributed by atoms with Crippen LogP contribution in [0.5, 0.6) is 0 Å². The molecule has 0 unspecified atom stereocenters. The summed E-state index contributed by atoms with van der Waals surface area (Å²) in [6.07, 6.45) is 6.60. The first-order valence-corrected chi connectivity index (χ1v) is 16.3. The smallest absolute Gasteiger partial charge is 0.229 e. The Bertz CT molecular complexity index is 1360. The number of para-hydroxylation sites is 1. The molecule has 0 atom stereocenters. The molecular weight excluding hydrogens is 538 g/mol. The SMILES string of the molecule is CN(C)C1CC2(CCN(c3ccc(Nc4ncc(Cl)c(Nc5ccccc5P(C)(C)=O)n4)cc3Cl)CC2)C1. The quantitative estimate of drug-likeness (QED) is 0.300. The third-order valence-electron chi connectivity index (χ3n) is 7.92. The first-order chi connectivity index (χ1) is 18.0. The van der Waals surface area contributed by atoms with Crippen LogP contribution >= 0.6 is 30.3 Å². The molecule has 10 heteroatoms. The maximum atomic E-state index is 12.7. The van der Waals surface area contributed by atoms with Crippen LogP contribution in [0.1, 0.15) is 25.7 Å². The van der Waals surface area contributed by atoms with Gasteiger partial charge in [-0.3, -0.25) is 0 Å². The zero-order chi connectivity index (χ0) is 27.1. The Morgan fingerprint density at radius 1 is 1.03 bits per heavy atom. The van der Waals surface area contributed by atoms with Crippen LogP contribution in [-0.4, -0.2) is 61.4 Å². The molecule has 0 radical (unpaired) electrons. The summed E-state index contributed by atoms with van der Waals surface area (Å²) in [6, 6.07) is 14.2. The number of halogens is 2. The molecule has 1 aliphatic carbocycles. The summed E-state index contributed by atoms with van der Waals surface area (Å²) < 4.78 is 12.7. The molecule has 1 aliphatic heterocycles. The van der Waals surface area contributed by atoms with Gasteiger partial charge in [0.05, 0.1) is 22.6 Å². The van der Waals surface area contributed by atoms with Gasteiger partial charge in [0.15, 0.2) is 5.82 Å². The van der Waals surface area contributed by atoms with Gasteiger partial charge in [-0.05, 0) is 88.9 Å². The summed E-state index contributed by atoms with van der Waals surface area (Å²) in [6.45, 7) is 5.55. The fourth-order valence-electron chi connectivity index (χ4n) is 5.60. The minimum absolute atomic E-state index is 0.368. The lowest BCUT2D eigenvalue weighted by Gasteiger charge is -2.54. The maximum Gasteiger partial charge on any atom is 0.229 e. The number of rotatable bonds is 7. The third kappa shape index (κ3) is 5.81. The summed E-state index contributed by atoms with van der Waals surface area (Å²) in [7, 11) is 1.87. The van der Waals surface area contributed by atoms with E-state index in [1.165, 1.54) is 25.7 Å². The number of anilines is 5. The Morgan fingerprint density at radius 3 is 2.39 bits per heavy atom. The molecule has 2 aliphatic rings. The van der Waals surface area contributed by atoms with Gasteiger partial charge in [-0.15, -0.1) is 0 Å². The molecule has 2 heterocycles. The highest BCUT2D eigenvalue weighted by Crippen LogP contribution is 2.51. The van der Waals surface area contributed by atoms with Crippen molar-refractivity contribution >= 4 is 64.5 Å². The molecule has 202 valence electrons. The summed E-state index contributed by atoms with van der Waals surface area (Å²) in [5.74, 6) is 0.817. The summed E-state index contributed by atoms with van der Waals surface area (Å²) in [5.41, 5.74) is 3.08. The number of nitrogens with one attached hydrogen (secondary N) is 2. The molecule has 2 N–H and O–H groups in total. The molecule has 2 aromatic carbocycles. The highest BCUT2D eigenvalue weighted by molar-refractivity contribution is 7.70. The van der Waals surface area contributed by atoms with Crippen LogP contribution in [0.4, 0.5) is 28.8 Å². The molecule has 2 fully saturated rings. The van der Waals surface area contributed by atoms with E-state index in [0.29, 0.717) is 32.9 Å². The van der Waals surface area contributed by atoms with Crippen molar-refractivity contribution in [2.45, 2.75) is 31.7 Å². The van der Waals surface area contributed by atoms with E-state index in [9.17, 15) is 4.57 Å². The van der Waals surface area contributed by atoms with E-state index in [-0.39, 0.29) is 0 Å². The topological polar surface area (TPSA) is 73.4 Å². The third-order valence-corrected chi connectivity index (χ3v) is 10.0. The Hall–Kier alpha value is -2.31. The molecule has 38 heavy (non-hydrogen) atoms. The minimum atomic E-state index is -2.49. The summed E-state index contributed by atoms with van der Waals surface area (Å²) in [5, 5.41) is 8.28. The monoisotopic (exact) mass is 572 g/mol. The second-order valence-corrected chi connectivity index (χ2v) is 15.2. The fraction of sp³-hybridized carbons (Fsp3) is 0.429. The summed E-state index contributed by atoms with van der Waals surface area (Å²) >= 11 is 13.1. The van der Waals surface area contributed by atoms with Crippen molar-refractivity contribution in [3.05, 3.63) is 58.7 Å². The van der Waals surface area contributed by atoms with Gasteiger partial charge in [0.25, 0.3) is 0 Å². The molecule has 1 saturated heterocycles. The van der Waals surface area contributed by atoms with E-state index in [0.717, 1.165) is 35.8 Å². The van der Waals surface area contributed by atoms with Gasteiger partial charge in [0, 0.05) is 30.1 Å². The lowest BCUT2D eigenvalue weighted by atomic mass is 9.60. The van der Waals surface area contributed by atoms with Gasteiger partial charge in [-0.2, -0.15) is 4.98 Å². The number of hydrogen-bond donors (Lipinski definition) is 2. The van der Waals surface area contributed by atoms with Gasteiger partial charge in [-0.1, -0.05) is 35.3 Å². The Balaban J connectivity index is 1.26. The first kappa shape index (κ1) is 27.3. The Kier molecular flexibility index (Phi) is 7.67. The first-order valence-electron chi connectivity index (χ1n) is 13.0. The zero-order valence-electron chi connectivity index (χ0n) is 22.3. The van der Waals surface area contributed by atoms with Crippen LogP contribution in [0.25, 0.3) is 0 Å². The van der Waals surface area contributed by atoms with Gasteiger partial charge in [-0.25, -0.2) is 4.98 Å². The van der Waals surface area contributed by atoms with Crippen molar-refractivity contribution in [2.75, 3.05) is 56.0 Å². The molecule has 0 bridgehead atoms. The van der Waals surface area contributed by atoms with E-state index in [2.05, 4.69) is 50.6 Å². The predicted octanol–water partition coefficient (Wildman–Crippen LogP) is 6.83. The van der Waals surface area contributed by atoms with Gasteiger partial charge in [0.1, 0.15) is 12.2 Å². The van der Waals surface area contributed by atoms with Gasteiger partial charge in [0.2, 0.25) is 5.95 Å². The van der Waals surface area contributed by atoms with Crippen molar-refractivity contribution in [3.63, 3.8) is 0 Å². The number of benzene rings is 2. The van der Waals surface area contributed by atoms with E-state index < -0.39 is 7.14 Å². The zero-order valence-corrected chi connectivity index (χ0v) is 24.7. The average molecular weight is 574 g/mol. The average Bonchev–Trinajstić information content (AvgIpc) is 2.84. The van der Waals surface area contributed by atoms with Crippen molar-refractivity contribution in [1.82, 2.24) is 14.9 Å². The van der Waals surface area contributed by atoms with E-state index >= 15 is 0 Å².